The summed E-state index contributed by atoms with van der Waals surface area (Å²) in [5, 5.41) is 4.01. The highest BCUT2D eigenvalue weighted by atomic mass is 19.1. The van der Waals surface area contributed by atoms with Gasteiger partial charge in [-0.05, 0) is 37.1 Å². The number of hydrogen-bond donors (Lipinski definition) is 1. The Morgan fingerprint density at radius 2 is 1.93 bits per heavy atom. The fourth-order valence-corrected chi connectivity index (χ4v) is 3.04. The van der Waals surface area contributed by atoms with E-state index in [1.54, 1.807) is 36.2 Å². The zero-order chi connectivity index (χ0) is 19.9. The third kappa shape index (κ3) is 4.97. The quantitative estimate of drug-likeness (QED) is 0.459. The topological polar surface area (TPSA) is 72.4 Å². The average Bonchev–Trinajstić information content (AvgIpc) is 3.16. The second-order valence-corrected chi connectivity index (χ2v) is 6.81. The molecular formula is C22H24FN3O2. The minimum absolute atomic E-state index is 0.0620. The summed E-state index contributed by atoms with van der Waals surface area (Å²) in [5.74, 6) is 0.423. The van der Waals surface area contributed by atoms with Crippen molar-refractivity contribution in [2.24, 2.45) is 0 Å². The summed E-state index contributed by atoms with van der Waals surface area (Å²) in [6, 6.07) is 15.2. The molecule has 5 nitrogen and oxygen atoms in total. The van der Waals surface area contributed by atoms with Crippen LogP contribution in [0.2, 0.25) is 0 Å². The maximum atomic E-state index is 13.3. The van der Waals surface area contributed by atoms with E-state index in [1.807, 2.05) is 18.2 Å². The molecule has 3 rings (SSSR count). The van der Waals surface area contributed by atoms with E-state index in [4.69, 9.17) is 10.3 Å². The third-order valence-corrected chi connectivity index (χ3v) is 4.63. The summed E-state index contributed by atoms with van der Waals surface area (Å²) in [4.78, 5) is 14.1. The molecule has 0 unspecified atom stereocenters. The van der Waals surface area contributed by atoms with Gasteiger partial charge in [-0.3, -0.25) is 4.79 Å². The van der Waals surface area contributed by atoms with Crippen LogP contribution in [-0.2, 0) is 6.42 Å². The molecule has 0 bridgehead atoms. The largest absolute Gasteiger partial charge is 0.398 e. The van der Waals surface area contributed by atoms with Crippen LogP contribution in [0.5, 0.6) is 0 Å². The Balaban J connectivity index is 1.42. The monoisotopic (exact) mass is 381 g/mol. The van der Waals surface area contributed by atoms with Crippen LogP contribution in [0.3, 0.4) is 0 Å². The van der Waals surface area contributed by atoms with E-state index in [1.165, 1.54) is 12.1 Å². The van der Waals surface area contributed by atoms with Gasteiger partial charge in [-0.2, -0.15) is 0 Å². The molecule has 0 radical (unpaired) electrons. The molecule has 3 aromatic rings. The number of aryl methyl sites for hydroxylation is 1. The van der Waals surface area contributed by atoms with Crippen molar-refractivity contribution in [3.8, 4) is 11.3 Å². The van der Waals surface area contributed by atoms with Gasteiger partial charge in [0, 0.05) is 37.3 Å². The predicted octanol–water partition coefficient (Wildman–Crippen LogP) is 4.55. The molecule has 1 aromatic heterocycles. The van der Waals surface area contributed by atoms with Crippen LogP contribution in [0.25, 0.3) is 11.3 Å². The highest BCUT2D eigenvalue weighted by Crippen LogP contribution is 2.21. The fraction of sp³-hybridized carbons (Fsp3) is 0.273. The number of rotatable bonds is 8. The summed E-state index contributed by atoms with van der Waals surface area (Å²) in [6.45, 7) is 0.665. The number of anilines is 1. The lowest BCUT2D eigenvalue weighted by Gasteiger charge is -2.18. The standard InChI is InChI=1S/C22H24FN3O2/c1-26(22(27)19-11-4-5-12-20(19)24)13-6-2-3-10-18-15-21(25-28-18)16-8-7-9-17(23)14-16/h4-5,7-9,11-12,14-15H,2-3,6,10,13,24H2,1H3. The molecule has 0 saturated carbocycles. The molecule has 0 aliphatic heterocycles. The first-order valence-electron chi connectivity index (χ1n) is 9.36. The lowest BCUT2D eigenvalue weighted by Crippen LogP contribution is -2.28. The molecule has 28 heavy (non-hydrogen) atoms. The van der Waals surface area contributed by atoms with Crippen molar-refractivity contribution >= 4 is 11.6 Å². The Hall–Kier alpha value is -3.15. The zero-order valence-electron chi connectivity index (χ0n) is 15.9. The molecule has 1 heterocycles. The number of benzene rings is 2. The van der Waals surface area contributed by atoms with E-state index in [0.717, 1.165) is 31.4 Å². The molecule has 0 saturated heterocycles. The van der Waals surface area contributed by atoms with Crippen molar-refractivity contribution in [3.05, 3.63) is 71.7 Å². The Labute approximate surface area is 163 Å². The maximum absolute atomic E-state index is 13.3. The Kier molecular flexibility index (Phi) is 6.42. The van der Waals surface area contributed by atoms with Crippen LogP contribution >= 0.6 is 0 Å². The first-order valence-corrected chi connectivity index (χ1v) is 9.36. The number of nitrogens with two attached hydrogens (primary N) is 1. The molecular weight excluding hydrogens is 357 g/mol. The number of hydrogen-bond acceptors (Lipinski definition) is 4. The van der Waals surface area contributed by atoms with Gasteiger partial charge in [0.1, 0.15) is 17.3 Å². The second kappa shape index (κ2) is 9.17. The molecule has 0 fully saturated rings. The van der Waals surface area contributed by atoms with E-state index in [2.05, 4.69) is 5.16 Å². The van der Waals surface area contributed by atoms with Crippen molar-refractivity contribution in [2.45, 2.75) is 25.7 Å². The van der Waals surface area contributed by atoms with Gasteiger partial charge in [0.2, 0.25) is 0 Å². The lowest BCUT2D eigenvalue weighted by atomic mass is 10.1. The third-order valence-electron chi connectivity index (χ3n) is 4.63. The molecule has 2 N–H and O–H groups in total. The zero-order valence-corrected chi connectivity index (χ0v) is 15.9. The highest BCUT2D eigenvalue weighted by Gasteiger charge is 2.13. The van der Waals surface area contributed by atoms with Crippen LogP contribution in [0.15, 0.2) is 59.1 Å². The van der Waals surface area contributed by atoms with E-state index in [-0.39, 0.29) is 11.7 Å². The van der Waals surface area contributed by atoms with E-state index >= 15 is 0 Å². The van der Waals surface area contributed by atoms with Gasteiger partial charge < -0.3 is 15.2 Å². The maximum Gasteiger partial charge on any atom is 0.255 e. The van der Waals surface area contributed by atoms with Crippen molar-refractivity contribution in [1.29, 1.82) is 0 Å². The fourth-order valence-electron chi connectivity index (χ4n) is 3.04. The normalized spacial score (nSPS) is 10.8. The number of unbranched alkanes of at least 4 members (excludes halogenated alkanes) is 2. The van der Waals surface area contributed by atoms with Crippen LogP contribution in [-0.4, -0.2) is 29.6 Å². The van der Waals surface area contributed by atoms with Crippen LogP contribution in [0.1, 0.15) is 35.4 Å². The van der Waals surface area contributed by atoms with Crippen molar-refractivity contribution in [3.63, 3.8) is 0 Å². The number of para-hydroxylation sites is 1. The molecule has 0 atom stereocenters. The number of carbonyl (C=O) groups excluding carboxylic acids is 1. The summed E-state index contributed by atoms with van der Waals surface area (Å²) in [6.07, 6.45) is 3.52. The summed E-state index contributed by atoms with van der Waals surface area (Å²) < 4.78 is 18.7. The molecule has 6 heteroatoms. The summed E-state index contributed by atoms with van der Waals surface area (Å²) >= 11 is 0. The smallest absolute Gasteiger partial charge is 0.255 e. The molecule has 0 spiro atoms. The number of nitrogens with zero attached hydrogens (tertiary/aromatic N) is 2. The van der Waals surface area contributed by atoms with Crippen LogP contribution in [0.4, 0.5) is 10.1 Å². The Morgan fingerprint density at radius 1 is 1.11 bits per heavy atom. The summed E-state index contributed by atoms with van der Waals surface area (Å²) in [7, 11) is 1.79. The molecule has 146 valence electrons. The Morgan fingerprint density at radius 3 is 2.71 bits per heavy atom. The van der Waals surface area contributed by atoms with Crippen LogP contribution < -0.4 is 5.73 Å². The molecule has 2 aromatic carbocycles. The van der Waals surface area contributed by atoms with Gasteiger partial charge in [-0.25, -0.2) is 4.39 Å². The van der Waals surface area contributed by atoms with Gasteiger partial charge >= 0.3 is 0 Å². The number of amides is 1. The SMILES string of the molecule is CN(CCCCCc1cc(-c2cccc(F)c2)no1)C(=O)c1ccccc1N. The van der Waals surface area contributed by atoms with Gasteiger partial charge in [-0.15, -0.1) is 0 Å². The molecule has 1 amide bonds. The van der Waals surface area contributed by atoms with Crippen LogP contribution in [0, 0.1) is 5.82 Å². The number of aromatic nitrogens is 1. The minimum atomic E-state index is -0.294. The first kappa shape index (κ1) is 19.6. The van der Waals surface area contributed by atoms with Gasteiger partial charge in [0.15, 0.2) is 0 Å². The number of halogens is 1. The highest BCUT2D eigenvalue weighted by molar-refractivity contribution is 5.98. The van der Waals surface area contributed by atoms with Crippen molar-refractivity contribution in [1.82, 2.24) is 10.1 Å². The number of nitrogen functional groups attached to an aromatic ring is 1. The van der Waals surface area contributed by atoms with Gasteiger partial charge in [-0.1, -0.05) is 35.8 Å². The van der Waals surface area contributed by atoms with Gasteiger partial charge in [0.25, 0.3) is 5.91 Å². The number of carbonyl (C=O) groups is 1. The van der Waals surface area contributed by atoms with Crippen molar-refractivity contribution < 1.29 is 13.7 Å². The predicted molar refractivity (Wildman–Crippen MR) is 107 cm³/mol. The first-order chi connectivity index (χ1) is 13.5. The summed E-state index contributed by atoms with van der Waals surface area (Å²) in [5.41, 5.74) is 8.25. The lowest BCUT2D eigenvalue weighted by molar-refractivity contribution is 0.0793. The Bertz CT molecular complexity index is 939. The van der Waals surface area contributed by atoms with E-state index in [9.17, 15) is 9.18 Å². The minimum Gasteiger partial charge on any atom is -0.398 e. The molecule has 0 aliphatic rings. The van der Waals surface area contributed by atoms with Crippen molar-refractivity contribution in [2.75, 3.05) is 19.3 Å². The van der Waals surface area contributed by atoms with E-state index in [0.29, 0.717) is 29.1 Å². The average molecular weight is 381 g/mol. The van der Waals surface area contributed by atoms with Gasteiger partial charge in [0.05, 0.1) is 5.56 Å². The molecule has 0 aliphatic carbocycles. The van der Waals surface area contributed by atoms with E-state index < -0.39 is 0 Å². The second-order valence-electron chi connectivity index (χ2n) is 6.81.